The number of ether oxygens (including phenoxy) is 4. The molecule has 3 rings (SSSR count). The number of hydrogen-bond acceptors (Lipinski definition) is 8. The molecular weight excluding hydrogens is 480 g/mol. The number of amides is 1. The van der Waals surface area contributed by atoms with Crippen LogP contribution in [-0.4, -0.2) is 44.4 Å². The van der Waals surface area contributed by atoms with Gasteiger partial charge in [-0.2, -0.15) is 0 Å². The van der Waals surface area contributed by atoms with Gasteiger partial charge in [0.2, 0.25) is 11.7 Å². The van der Waals surface area contributed by atoms with Crippen molar-refractivity contribution in [3.05, 3.63) is 81.4 Å². The Balaban J connectivity index is 1.84. The molecular formula is C27H26N2O8. The molecule has 3 aromatic rings. The zero-order chi connectivity index (χ0) is 26.9. The van der Waals surface area contributed by atoms with Gasteiger partial charge >= 0.3 is 5.69 Å². The summed E-state index contributed by atoms with van der Waals surface area (Å²) in [7, 11) is 5.89. The van der Waals surface area contributed by atoms with Gasteiger partial charge in [0, 0.05) is 17.7 Å². The number of aromatic hydroxyl groups is 1. The van der Waals surface area contributed by atoms with Gasteiger partial charge < -0.3 is 29.4 Å². The van der Waals surface area contributed by atoms with Gasteiger partial charge in [0.25, 0.3) is 0 Å². The number of phenols is 1. The lowest BCUT2D eigenvalue weighted by atomic mass is 10.1. The Morgan fingerprint density at radius 1 is 0.865 bits per heavy atom. The van der Waals surface area contributed by atoms with Gasteiger partial charge in [-0.25, -0.2) is 0 Å². The van der Waals surface area contributed by atoms with Crippen molar-refractivity contribution >= 4 is 35.5 Å². The maximum Gasteiger partial charge on any atom is 0.310 e. The molecule has 3 aromatic carbocycles. The molecule has 37 heavy (non-hydrogen) atoms. The molecule has 0 aliphatic heterocycles. The average Bonchev–Trinajstić information content (AvgIpc) is 2.91. The Morgan fingerprint density at radius 3 is 2.11 bits per heavy atom. The number of carbonyl (C=O) groups is 1. The van der Waals surface area contributed by atoms with E-state index in [1.54, 1.807) is 36.4 Å². The van der Waals surface area contributed by atoms with Crippen LogP contribution in [0.1, 0.15) is 16.7 Å². The van der Waals surface area contributed by atoms with E-state index >= 15 is 0 Å². The normalized spacial score (nSPS) is 10.9. The summed E-state index contributed by atoms with van der Waals surface area (Å²) in [5.74, 6) is 0.877. The maximum atomic E-state index is 12.6. The molecule has 0 aromatic heterocycles. The van der Waals surface area contributed by atoms with Gasteiger partial charge in [-0.1, -0.05) is 24.3 Å². The molecule has 10 heteroatoms. The fraction of sp³-hybridized carbons (Fsp3) is 0.148. The van der Waals surface area contributed by atoms with Crippen LogP contribution in [0.2, 0.25) is 0 Å². The first kappa shape index (κ1) is 26.6. The monoisotopic (exact) mass is 506 g/mol. The Labute approximate surface area is 213 Å². The zero-order valence-electron chi connectivity index (χ0n) is 20.7. The molecule has 192 valence electrons. The molecule has 0 aliphatic carbocycles. The molecule has 0 saturated heterocycles. The number of rotatable bonds is 10. The summed E-state index contributed by atoms with van der Waals surface area (Å²) in [6, 6.07) is 12.6. The van der Waals surface area contributed by atoms with Crippen LogP contribution in [-0.2, 0) is 4.79 Å². The second-order valence-corrected chi connectivity index (χ2v) is 7.54. The largest absolute Gasteiger partial charge is 0.506 e. The van der Waals surface area contributed by atoms with Crippen LogP contribution in [0.3, 0.4) is 0 Å². The summed E-state index contributed by atoms with van der Waals surface area (Å²) < 4.78 is 21.1. The van der Waals surface area contributed by atoms with E-state index < -0.39 is 10.8 Å². The maximum absolute atomic E-state index is 12.6. The van der Waals surface area contributed by atoms with Gasteiger partial charge in [-0.05, 0) is 47.5 Å². The minimum Gasteiger partial charge on any atom is -0.506 e. The predicted molar refractivity (Wildman–Crippen MR) is 140 cm³/mol. The lowest BCUT2D eigenvalue weighted by Gasteiger charge is -2.13. The number of nitrogens with zero attached hydrogens (tertiary/aromatic N) is 1. The SMILES string of the molecule is COc1cc(/C=C/C(=O)Nc2c(O)cccc2/C=C/c2cc(OC)c(OC)c(OC)c2)ccc1[N+](=O)[O-]. The number of para-hydroxylation sites is 1. The van der Waals surface area contributed by atoms with Crippen molar-refractivity contribution in [2.24, 2.45) is 0 Å². The van der Waals surface area contributed by atoms with Gasteiger partial charge in [-0.3, -0.25) is 14.9 Å². The molecule has 0 bridgehead atoms. The first-order valence-electron chi connectivity index (χ1n) is 10.9. The topological polar surface area (TPSA) is 129 Å². The predicted octanol–water partition coefficient (Wildman–Crippen LogP) is 5.16. The van der Waals surface area contributed by atoms with E-state index in [4.69, 9.17) is 18.9 Å². The third-order valence-electron chi connectivity index (χ3n) is 5.29. The van der Waals surface area contributed by atoms with E-state index in [-0.39, 0.29) is 22.9 Å². The van der Waals surface area contributed by atoms with E-state index in [0.29, 0.717) is 28.4 Å². The van der Waals surface area contributed by atoms with E-state index in [9.17, 15) is 20.0 Å². The number of phenolic OH excluding ortho intramolecular Hbond substituents is 1. The fourth-order valence-electron chi connectivity index (χ4n) is 3.50. The number of nitro groups is 1. The number of hydrogen-bond donors (Lipinski definition) is 2. The van der Waals surface area contributed by atoms with Crippen molar-refractivity contribution in [2.45, 2.75) is 0 Å². The standard InChI is InChI=1S/C27H26N2O8/c1-34-22-14-17(9-12-20(22)29(32)33)10-13-25(31)28-26-19(6-5-7-21(26)30)11-8-18-15-23(35-2)27(37-4)24(16-18)36-3/h5-16,30H,1-4H3,(H,28,31)/b11-8+,13-10+. The quantitative estimate of drug-likeness (QED) is 0.127. The van der Waals surface area contributed by atoms with E-state index in [2.05, 4.69) is 5.32 Å². The van der Waals surface area contributed by atoms with Crippen LogP contribution in [0.5, 0.6) is 28.7 Å². The second-order valence-electron chi connectivity index (χ2n) is 7.54. The van der Waals surface area contributed by atoms with Gasteiger partial charge in [0.1, 0.15) is 5.75 Å². The summed E-state index contributed by atoms with van der Waals surface area (Å²) in [6.07, 6.45) is 6.22. The zero-order valence-corrected chi connectivity index (χ0v) is 20.7. The van der Waals surface area contributed by atoms with Crippen molar-refractivity contribution in [3.8, 4) is 28.7 Å². The van der Waals surface area contributed by atoms with E-state index in [1.807, 2.05) is 0 Å². The second kappa shape index (κ2) is 12.1. The highest BCUT2D eigenvalue weighted by atomic mass is 16.6. The summed E-state index contributed by atoms with van der Waals surface area (Å²) in [5, 5.41) is 24.1. The van der Waals surface area contributed by atoms with Crippen LogP contribution in [0.25, 0.3) is 18.2 Å². The molecule has 1 amide bonds. The first-order valence-corrected chi connectivity index (χ1v) is 10.9. The van der Waals surface area contributed by atoms with E-state index in [1.165, 1.54) is 64.9 Å². The highest BCUT2D eigenvalue weighted by Gasteiger charge is 2.15. The summed E-state index contributed by atoms with van der Waals surface area (Å²) in [5.41, 5.74) is 1.84. The molecule has 0 saturated carbocycles. The van der Waals surface area contributed by atoms with Crippen LogP contribution in [0.15, 0.2) is 54.6 Å². The van der Waals surface area contributed by atoms with Crippen molar-refractivity contribution in [3.63, 3.8) is 0 Å². The number of nitrogens with one attached hydrogen (secondary N) is 1. The molecule has 0 aliphatic rings. The summed E-state index contributed by atoms with van der Waals surface area (Å²) in [4.78, 5) is 23.1. The van der Waals surface area contributed by atoms with Crippen LogP contribution in [0.4, 0.5) is 11.4 Å². The van der Waals surface area contributed by atoms with Crippen LogP contribution < -0.4 is 24.3 Å². The van der Waals surface area contributed by atoms with Crippen LogP contribution >= 0.6 is 0 Å². The number of carbonyl (C=O) groups excluding carboxylic acids is 1. The van der Waals surface area contributed by atoms with Gasteiger partial charge in [0.05, 0.1) is 39.0 Å². The summed E-state index contributed by atoms with van der Waals surface area (Å²) >= 11 is 0. The Kier molecular flexibility index (Phi) is 8.71. The van der Waals surface area contributed by atoms with Crippen LogP contribution in [0, 0.1) is 10.1 Å². The van der Waals surface area contributed by atoms with Gasteiger partial charge in [0.15, 0.2) is 17.2 Å². The molecule has 2 N–H and O–H groups in total. The average molecular weight is 507 g/mol. The number of benzene rings is 3. The molecule has 0 unspecified atom stereocenters. The van der Waals surface area contributed by atoms with Gasteiger partial charge in [-0.15, -0.1) is 0 Å². The molecule has 10 nitrogen and oxygen atoms in total. The molecule has 0 atom stereocenters. The van der Waals surface area contributed by atoms with Crippen molar-refractivity contribution in [2.75, 3.05) is 33.8 Å². The Bertz CT molecular complexity index is 1340. The van der Waals surface area contributed by atoms with E-state index in [0.717, 1.165) is 5.56 Å². The molecule has 0 spiro atoms. The first-order chi connectivity index (χ1) is 17.8. The highest BCUT2D eigenvalue weighted by molar-refractivity contribution is 6.04. The molecule has 0 radical (unpaired) electrons. The number of anilines is 1. The summed E-state index contributed by atoms with van der Waals surface area (Å²) in [6.45, 7) is 0. The fourth-order valence-corrected chi connectivity index (χ4v) is 3.50. The Hall–Kier alpha value is -4.99. The molecule has 0 heterocycles. The van der Waals surface area contributed by atoms with Crippen molar-refractivity contribution in [1.82, 2.24) is 0 Å². The van der Waals surface area contributed by atoms with Crippen molar-refractivity contribution < 1.29 is 33.8 Å². The lowest BCUT2D eigenvalue weighted by molar-refractivity contribution is -0.385. The Morgan fingerprint density at radius 2 is 1.51 bits per heavy atom. The minimum atomic E-state index is -0.551. The smallest absolute Gasteiger partial charge is 0.310 e. The number of methoxy groups -OCH3 is 4. The highest BCUT2D eigenvalue weighted by Crippen LogP contribution is 2.39. The minimum absolute atomic E-state index is 0.0764. The van der Waals surface area contributed by atoms with Crippen molar-refractivity contribution in [1.29, 1.82) is 0 Å². The lowest BCUT2D eigenvalue weighted by Crippen LogP contribution is -2.09. The number of nitro benzene ring substituents is 1. The molecule has 0 fully saturated rings. The third kappa shape index (κ3) is 6.37. The third-order valence-corrected chi connectivity index (χ3v) is 5.29.